The molecule has 4 nitrogen and oxygen atoms in total. The minimum absolute atomic E-state index is 0.0733. The summed E-state index contributed by atoms with van der Waals surface area (Å²) in [5, 5.41) is 14.6. The van der Waals surface area contributed by atoms with E-state index in [1.54, 1.807) is 0 Å². The second-order valence-electron chi connectivity index (χ2n) is 5.84. The van der Waals surface area contributed by atoms with Gasteiger partial charge in [-0.1, -0.05) is 44.2 Å². The molecule has 3 N–H and O–H groups in total. The van der Waals surface area contributed by atoms with Crippen molar-refractivity contribution >= 4 is 6.03 Å². The molecule has 2 amide bonds. The molecule has 0 heterocycles. The highest BCUT2D eigenvalue weighted by atomic mass is 16.3. The number of nitrogens with one attached hydrogen (secondary N) is 2. The molecule has 0 aromatic heterocycles. The van der Waals surface area contributed by atoms with E-state index in [9.17, 15) is 4.79 Å². The highest BCUT2D eigenvalue weighted by Crippen LogP contribution is 2.17. The number of hydrogen-bond donors (Lipinski definition) is 3. The summed E-state index contributed by atoms with van der Waals surface area (Å²) in [5.74, 6) is 0. The Hall–Kier alpha value is -1.55. The van der Waals surface area contributed by atoms with Crippen molar-refractivity contribution in [1.29, 1.82) is 0 Å². The van der Waals surface area contributed by atoms with Gasteiger partial charge in [0, 0.05) is 19.7 Å². The maximum atomic E-state index is 11.6. The lowest BCUT2D eigenvalue weighted by Crippen LogP contribution is -2.41. The van der Waals surface area contributed by atoms with E-state index < -0.39 is 0 Å². The van der Waals surface area contributed by atoms with Crippen LogP contribution in [0.3, 0.4) is 0 Å². The van der Waals surface area contributed by atoms with Crippen LogP contribution >= 0.6 is 0 Å². The van der Waals surface area contributed by atoms with Gasteiger partial charge in [-0.25, -0.2) is 4.79 Å². The molecule has 0 unspecified atom stereocenters. The molecule has 0 saturated carbocycles. The van der Waals surface area contributed by atoms with Crippen LogP contribution in [0.15, 0.2) is 30.3 Å². The summed E-state index contributed by atoms with van der Waals surface area (Å²) in [6.45, 7) is 5.43. The summed E-state index contributed by atoms with van der Waals surface area (Å²) in [7, 11) is 0. The number of urea groups is 1. The van der Waals surface area contributed by atoms with Crippen molar-refractivity contribution in [1.82, 2.24) is 10.6 Å². The van der Waals surface area contributed by atoms with Gasteiger partial charge in [-0.05, 0) is 30.2 Å². The van der Waals surface area contributed by atoms with Crippen molar-refractivity contribution in [2.45, 2.75) is 33.1 Å². The van der Waals surface area contributed by atoms with Gasteiger partial charge in [0.05, 0.1) is 0 Å². The van der Waals surface area contributed by atoms with Crippen LogP contribution in [0, 0.1) is 5.41 Å². The molecule has 4 heteroatoms. The van der Waals surface area contributed by atoms with Crippen molar-refractivity contribution in [3.8, 4) is 0 Å². The average molecular weight is 278 g/mol. The van der Waals surface area contributed by atoms with Crippen LogP contribution in [-0.4, -0.2) is 30.8 Å². The summed E-state index contributed by atoms with van der Waals surface area (Å²) in [6.07, 6.45) is 2.58. The van der Waals surface area contributed by atoms with Gasteiger partial charge in [0.1, 0.15) is 0 Å². The van der Waals surface area contributed by atoms with Crippen LogP contribution in [0.25, 0.3) is 0 Å². The zero-order valence-electron chi connectivity index (χ0n) is 12.5. The fourth-order valence-electron chi connectivity index (χ4n) is 1.91. The van der Waals surface area contributed by atoms with Crippen molar-refractivity contribution in [3.63, 3.8) is 0 Å². The Balaban J connectivity index is 2.11. The van der Waals surface area contributed by atoms with E-state index in [-0.39, 0.29) is 18.1 Å². The third kappa shape index (κ3) is 7.14. The molecule has 0 fully saturated rings. The Morgan fingerprint density at radius 3 is 2.55 bits per heavy atom. The normalized spacial score (nSPS) is 11.2. The fourth-order valence-corrected chi connectivity index (χ4v) is 1.91. The van der Waals surface area contributed by atoms with E-state index in [1.807, 2.05) is 32.0 Å². The van der Waals surface area contributed by atoms with E-state index in [2.05, 4.69) is 22.8 Å². The minimum atomic E-state index is -0.135. The molecule has 0 aliphatic heterocycles. The van der Waals surface area contributed by atoms with Gasteiger partial charge in [0.15, 0.2) is 0 Å². The van der Waals surface area contributed by atoms with Crippen LogP contribution in [-0.2, 0) is 6.42 Å². The number of hydrogen-bond acceptors (Lipinski definition) is 2. The first-order valence-electron chi connectivity index (χ1n) is 7.20. The lowest BCUT2D eigenvalue weighted by atomic mass is 9.90. The highest BCUT2D eigenvalue weighted by Gasteiger charge is 2.17. The van der Waals surface area contributed by atoms with Gasteiger partial charge in [0.25, 0.3) is 0 Å². The molecule has 0 atom stereocenters. The largest absolute Gasteiger partial charge is 0.396 e. The molecule has 0 radical (unpaired) electrons. The number of aryl methyl sites for hydroxylation is 1. The smallest absolute Gasteiger partial charge is 0.314 e. The van der Waals surface area contributed by atoms with Crippen LogP contribution < -0.4 is 10.6 Å². The quantitative estimate of drug-likeness (QED) is 0.639. The summed E-state index contributed by atoms with van der Waals surface area (Å²) in [4.78, 5) is 11.6. The minimum Gasteiger partial charge on any atom is -0.396 e. The SMILES string of the molecule is CC(C)(CCO)CNC(=O)NCCCc1ccccc1. The van der Waals surface area contributed by atoms with Crippen LogP contribution in [0.4, 0.5) is 4.79 Å². The number of aliphatic hydroxyl groups is 1. The topological polar surface area (TPSA) is 61.4 Å². The van der Waals surface area contributed by atoms with Crippen molar-refractivity contribution in [2.75, 3.05) is 19.7 Å². The zero-order valence-corrected chi connectivity index (χ0v) is 12.5. The summed E-state index contributed by atoms with van der Waals surface area (Å²) in [5.41, 5.74) is 1.22. The van der Waals surface area contributed by atoms with Gasteiger partial charge >= 0.3 is 6.03 Å². The Kier molecular flexibility index (Phi) is 7.09. The van der Waals surface area contributed by atoms with E-state index in [1.165, 1.54) is 5.56 Å². The first kappa shape index (κ1) is 16.5. The second-order valence-corrected chi connectivity index (χ2v) is 5.84. The predicted octanol–water partition coefficient (Wildman–Crippen LogP) is 2.33. The number of benzene rings is 1. The summed E-state index contributed by atoms with van der Waals surface area (Å²) in [6, 6.07) is 10.1. The molecular weight excluding hydrogens is 252 g/mol. The Morgan fingerprint density at radius 2 is 1.90 bits per heavy atom. The van der Waals surface area contributed by atoms with Crippen LogP contribution in [0.5, 0.6) is 0 Å². The molecule has 0 saturated heterocycles. The Labute approximate surface area is 121 Å². The first-order valence-corrected chi connectivity index (χ1v) is 7.20. The third-order valence-electron chi connectivity index (χ3n) is 3.29. The maximum Gasteiger partial charge on any atom is 0.314 e. The number of carbonyl (C=O) groups excluding carboxylic acids is 1. The molecule has 1 rings (SSSR count). The predicted molar refractivity (Wildman–Crippen MR) is 81.6 cm³/mol. The van der Waals surface area contributed by atoms with Crippen LogP contribution in [0.2, 0.25) is 0 Å². The van der Waals surface area contributed by atoms with E-state index >= 15 is 0 Å². The van der Waals surface area contributed by atoms with E-state index in [4.69, 9.17) is 5.11 Å². The average Bonchev–Trinajstić information content (AvgIpc) is 2.43. The summed E-state index contributed by atoms with van der Waals surface area (Å²) < 4.78 is 0. The monoisotopic (exact) mass is 278 g/mol. The molecule has 20 heavy (non-hydrogen) atoms. The molecule has 1 aromatic carbocycles. The van der Waals surface area contributed by atoms with E-state index in [0.717, 1.165) is 12.8 Å². The van der Waals surface area contributed by atoms with Gasteiger partial charge in [-0.3, -0.25) is 0 Å². The van der Waals surface area contributed by atoms with Crippen molar-refractivity contribution in [3.05, 3.63) is 35.9 Å². The van der Waals surface area contributed by atoms with Crippen molar-refractivity contribution in [2.24, 2.45) is 5.41 Å². The number of aliphatic hydroxyl groups excluding tert-OH is 1. The number of carbonyl (C=O) groups is 1. The fraction of sp³-hybridized carbons (Fsp3) is 0.562. The van der Waals surface area contributed by atoms with Gasteiger partial charge in [0.2, 0.25) is 0 Å². The van der Waals surface area contributed by atoms with E-state index in [0.29, 0.717) is 19.5 Å². The lowest BCUT2D eigenvalue weighted by molar-refractivity contribution is 0.201. The zero-order chi connectivity index (χ0) is 14.8. The Bertz CT molecular complexity index is 391. The molecule has 1 aromatic rings. The number of rotatable bonds is 8. The van der Waals surface area contributed by atoms with Crippen molar-refractivity contribution < 1.29 is 9.90 Å². The van der Waals surface area contributed by atoms with Crippen LogP contribution in [0.1, 0.15) is 32.3 Å². The lowest BCUT2D eigenvalue weighted by Gasteiger charge is -2.23. The van der Waals surface area contributed by atoms with Gasteiger partial charge < -0.3 is 15.7 Å². The molecule has 0 aliphatic rings. The van der Waals surface area contributed by atoms with Gasteiger partial charge in [-0.15, -0.1) is 0 Å². The highest BCUT2D eigenvalue weighted by molar-refractivity contribution is 5.73. The number of amides is 2. The third-order valence-corrected chi connectivity index (χ3v) is 3.29. The second kappa shape index (κ2) is 8.59. The summed E-state index contributed by atoms with van der Waals surface area (Å²) >= 11 is 0. The molecule has 112 valence electrons. The molecule has 0 aliphatic carbocycles. The molecule has 0 bridgehead atoms. The maximum absolute atomic E-state index is 11.6. The first-order chi connectivity index (χ1) is 9.53. The molecule has 0 spiro atoms. The standard InChI is InChI=1S/C16H26N2O2/c1-16(2,10-12-19)13-18-15(20)17-11-6-9-14-7-4-3-5-8-14/h3-5,7-8,19H,6,9-13H2,1-2H3,(H2,17,18,20). The van der Waals surface area contributed by atoms with Gasteiger partial charge in [-0.2, -0.15) is 0 Å². The Morgan fingerprint density at radius 1 is 1.20 bits per heavy atom. The molecular formula is C16H26N2O2.